The van der Waals surface area contributed by atoms with Crippen LogP contribution in [0, 0.1) is 5.82 Å². The molecule has 0 saturated heterocycles. The van der Waals surface area contributed by atoms with Gasteiger partial charge in [0.1, 0.15) is 5.82 Å². The third kappa shape index (κ3) is 5.64. The molecule has 0 fully saturated rings. The number of ether oxygens (including phenoxy) is 4. The van der Waals surface area contributed by atoms with Gasteiger partial charge in [-0.2, -0.15) is 4.68 Å². The fraction of sp³-hybridized carbons (Fsp3) is 0.292. The van der Waals surface area contributed by atoms with E-state index in [4.69, 9.17) is 18.9 Å². The monoisotopic (exact) mass is 471 g/mol. The molecule has 2 aromatic carbocycles. The first-order valence-corrected chi connectivity index (χ1v) is 10.5. The number of carbonyl (C=O) groups excluding carboxylic acids is 1. The summed E-state index contributed by atoms with van der Waals surface area (Å²) in [5, 5.41) is 6.98. The van der Waals surface area contributed by atoms with Crippen molar-refractivity contribution in [3.63, 3.8) is 0 Å². The zero-order chi connectivity index (χ0) is 24.7. The lowest BCUT2D eigenvalue weighted by Gasteiger charge is -2.18. The highest BCUT2D eigenvalue weighted by Crippen LogP contribution is 2.38. The molecule has 34 heavy (non-hydrogen) atoms. The summed E-state index contributed by atoms with van der Waals surface area (Å²) in [6, 6.07) is 11.4. The molecule has 0 unspecified atom stereocenters. The molecular formula is C24H26FN3O6. The van der Waals surface area contributed by atoms with Crippen molar-refractivity contribution in [2.24, 2.45) is 0 Å². The number of benzene rings is 2. The van der Waals surface area contributed by atoms with E-state index in [2.05, 4.69) is 10.4 Å². The van der Waals surface area contributed by atoms with Crippen LogP contribution in [0.5, 0.6) is 23.1 Å². The molecule has 0 bridgehead atoms. The van der Waals surface area contributed by atoms with Crippen molar-refractivity contribution in [2.45, 2.75) is 26.0 Å². The number of rotatable bonds is 10. The van der Waals surface area contributed by atoms with E-state index in [1.165, 1.54) is 57.7 Å². The highest BCUT2D eigenvalue weighted by Gasteiger charge is 2.20. The van der Waals surface area contributed by atoms with Crippen LogP contribution in [0.25, 0.3) is 5.69 Å². The summed E-state index contributed by atoms with van der Waals surface area (Å²) in [5.74, 6) is 0.691. The van der Waals surface area contributed by atoms with E-state index >= 15 is 0 Å². The number of amides is 1. The molecule has 1 amide bonds. The van der Waals surface area contributed by atoms with E-state index < -0.39 is 17.5 Å². The molecule has 1 atom stereocenters. The Morgan fingerprint density at radius 2 is 1.68 bits per heavy atom. The van der Waals surface area contributed by atoms with E-state index in [0.29, 0.717) is 29.4 Å². The number of nitrogens with one attached hydrogen (secondary N) is 1. The van der Waals surface area contributed by atoms with Gasteiger partial charge >= 0.3 is 0 Å². The Balaban J connectivity index is 1.73. The van der Waals surface area contributed by atoms with Crippen LogP contribution in [0.2, 0.25) is 0 Å². The second-order valence-electron chi connectivity index (χ2n) is 7.16. The van der Waals surface area contributed by atoms with Crippen LogP contribution in [0.4, 0.5) is 4.39 Å². The fourth-order valence-corrected chi connectivity index (χ4v) is 3.23. The standard InChI is InChI=1S/C24H26FN3O6/c1-5-18(24(30)26-14-15-12-19(31-2)23(33-4)20(13-15)32-3)34-21-10-11-22(29)28(27-21)17-8-6-16(25)7-9-17/h6-13,18H,5,14H2,1-4H3,(H,26,30)/t18-/m0/s1. The number of halogens is 1. The minimum atomic E-state index is -0.853. The molecule has 10 heteroatoms. The van der Waals surface area contributed by atoms with Crippen LogP contribution < -0.4 is 29.8 Å². The van der Waals surface area contributed by atoms with Gasteiger partial charge < -0.3 is 24.3 Å². The van der Waals surface area contributed by atoms with Crippen LogP contribution in [0.15, 0.2) is 53.3 Å². The smallest absolute Gasteiger partial charge is 0.271 e. The van der Waals surface area contributed by atoms with Gasteiger partial charge in [-0.05, 0) is 48.4 Å². The van der Waals surface area contributed by atoms with Gasteiger partial charge in [-0.15, -0.1) is 5.10 Å². The predicted octanol–water partition coefficient (Wildman–Crippen LogP) is 2.87. The minimum Gasteiger partial charge on any atom is -0.493 e. The Kier molecular flexibility index (Phi) is 8.07. The Morgan fingerprint density at radius 3 is 2.24 bits per heavy atom. The predicted molar refractivity (Wildman–Crippen MR) is 122 cm³/mol. The summed E-state index contributed by atoms with van der Waals surface area (Å²) in [5.41, 5.74) is 0.691. The molecule has 1 heterocycles. The summed E-state index contributed by atoms with van der Waals surface area (Å²) in [6.07, 6.45) is -0.493. The van der Waals surface area contributed by atoms with Crippen molar-refractivity contribution >= 4 is 5.91 Å². The maximum Gasteiger partial charge on any atom is 0.271 e. The van der Waals surface area contributed by atoms with E-state index in [1.807, 2.05) is 0 Å². The summed E-state index contributed by atoms with van der Waals surface area (Å²) >= 11 is 0. The van der Waals surface area contributed by atoms with Crippen LogP contribution >= 0.6 is 0 Å². The van der Waals surface area contributed by atoms with Crippen LogP contribution in [0.1, 0.15) is 18.9 Å². The minimum absolute atomic E-state index is 0.0821. The number of hydrogen-bond donors (Lipinski definition) is 1. The zero-order valence-corrected chi connectivity index (χ0v) is 19.3. The van der Waals surface area contributed by atoms with Crippen LogP contribution in [-0.2, 0) is 11.3 Å². The molecule has 0 aliphatic carbocycles. The maximum absolute atomic E-state index is 13.2. The highest BCUT2D eigenvalue weighted by molar-refractivity contribution is 5.81. The SMILES string of the molecule is CC[C@H](Oc1ccc(=O)n(-c2ccc(F)cc2)n1)C(=O)NCc1cc(OC)c(OC)c(OC)c1. The average Bonchev–Trinajstić information content (AvgIpc) is 2.86. The van der Waals surface area contributed by atoms with Crippen molar-refractivity contribution in [2.75, 3.05) is 21.3 Å². The van der Waals surface area contributed by atoms with Crippen LogP contribution in [-0.4, -0.2) is 43.1 Å². The molecule has 3 aromatic rings. The molecule has 9 nitrogen and oxygen atoms in total. The molecule has 0 radical (unpaired) electrons. The molecule has 0 spiro atoms. The molecule has 0 saturated carbocycles. The molecule has 1 aromatic heterocycles. The van der Waals surface area contributed by atoms with Gasteiger partial charge in [-0.25, -0.2) is 4.39 Å². The second kappa shape index (κ2) is 11.2. The second-order valence-corrected chi connectivity index (χ2v) is 7.16. The summed E-state index contributed by atoms with van der Waals surface area (Å²) < 4.78 is 36.0. The Hall–Kier alpha value is -4.08. The lowest BCUT2D eigenvalue weighted by Crippen LogP contribution is -2.38. The molecular weight excluding hydrogens is 445 g/mol. The van der Waals surface area contributed by atoms with Gasteiger partial charge in [0.15, 0.2) is 17.6 Å². The van der Waals surface area contributed by atoms with E-state index in [9.17, 15) is 14.0 Å². The summed E-state index contributed by atoms with van der Waals surface area (Å²) in [4.78, 5) is 25.0. The largest absolute Gasteiger partial charge is 0.493 e. The third-order valence-corrected chi connectivity index (χ3v) is 4.96. The summed E-state index contributed by atoms with van der Waals surface area (Å²) in [6.45, 7) is 1.98. The van der Waals surface area contributed by atoms with Gasteiger partial charge in [0.05, 0.1) is 27.0 Å². The Bertz CT molecular complexity index is 1170. The number of carbonyl (C=O) groups is 1. The molecule has 0 aliphatic heterocycles. The molecule has 1 N–H and O–H groups in total. The van der Waals surface area contributed by atoms with Crippen molar-refractivity contribution in [3.8, 4) is 28.8 Å². The lowest BCUT2D eigenvalue weighted by atomic mass is 10.1. The molecule has 0 aliphatic rings. The number of hydrogen-bond acceptors (Lipinski definition) is 7. The first-order valence-electron chi connectivity index (χ1n) is 10.5. The van der Waals surface area contributed by atoms with Gasteiger partial charge in [0.25, 0.3) is 11.5 Å². The molecule has 180 valence electrons. The van der Waals surface area contributed by atoms with Gasteiger partial charge in [0, 0.05) is 18.7 Å². The van der Waals surface area contributed by atoms with Crippen molar-refractivity contribution < 1.29 is 28.1 Å². The normalized spacial score (nSPS) is 11.4. The third-order valence-electron chi connectivity index (χ3n) is 4.96. The van der Waals surface area contributed by atoms with Gasteiger partial charge in [-0.1, -0.05) is 6.92 Å². The highest BCUT2D eigenvalue weighted by atomic mass is 19.1. The molecule has 3 rings (SSSR count). The van der Waals surface area contributed by atoms with E-state index in [1.54, 1.807) is 19.1 Å². The van der Waals surface area contributed by atoms with Crippen molar-refractivity contribution in [1.82, 2.24) is 15.1 Å². The van der Waals surface area contributed by atoms with Gasteiger partial charge in [-0.3, -0.25) is 9.59 Å². The number of aromatic nitrogens is 2. The Labute approximate surface area is 196 Å². The first kappa shape index (κ1) is 24.6. The fourth-order valence-electron chi connectivity index (χ4n) is 3.23. The maximum atomic E-state index is 13.2. The number of methoxy groups -OCH3 is 3. The number of nitrogens with zero attached hydrogens (tertiary/aromatic N) is 2. The zero-order valence-electron chi connectivity index (χ0n) is 19.3. The average molecular weight is 471 g/mol. The Morgan fingerprint density at radius 1 is 1.03 bits per heavy atom. The van der Waals surface area contributed by atoms with Crippen molar-refractivity contribution in [3.05, 3.63) is 70.3 Å². The van der Waals surface area contributed by atoms with Crippen LogP contribution in [0.3, 0.4) is 0 Å². The topological polar surface area (TPSA) is 101 Å². The summed E-state index contributed by atoms with van der Waals surface area (Å²) in [7, 11) is 4.54. The van der Waals surface area contributed by atoms with E-state index in [-0.39, 0.29) is 18.3 Å². The lowest BCUT2D eigenvalue weighted by molar-refractivity contribution is -0.128. The van der Waals surface area contributed by atoms with Gasteiger partial charge in [0.2, 0.25) is 11.6 Å². The van der Waals surface area contributed by atoms with E-state index in [0.717, 1.165) is 10.2 Å². The first-order chi connectivity index (χ1) is 16.4. The van der Waals surface area contributed by atoms with Crippen molar-refractivity contribution in [1.29, 1.82) is 0 Å². The quantitative estimate of drug-likeness (QED) is 0.485.